The Balaban J connectivity index is 1.30. The van der Waals surface area contributed by atoms with Crippen LogP contribution in [0.15, 0.2) is 77.0 Å². The summed E-state index contributed by atoms with van der Waals surface area (Å²) in [5.74, 6) is -0.160. The minimum atomic E-state index is -0.160. The average Bonchev–Trinajstić information content (AvgIpc) is 3.56. The predicted molar refractivity (Wildman–Crippen MR) is 131 cm³/mol. The van der Waals surface area contributed by atoms with Gasteiger partial charge in [0.1, 0.15) is 5.69 Å². The highest BCUT2D eigenvalue weighted by molar-refractivity contribution is 9.10. The van der Waals surface area contributed by atoms with Crippen LogP contribution in [0.4, 0.5) is 10.8 Å². The van der Waals surface area contributed by atoms with Crippen LogP contribution >= 0.6 is 27.3 Å². The van der Waals surface area contributed by atoms with Crippen molar-refractivity contribution in [2.24, 2.45) is 0 Å². The number of para-hydroxylation sites is 1. The maximum Gasteiger partial charge on any atom is 0.274 e. The highest BCUT2D eigenvalue weighted by Crippen LogP contribution is 2.37. The smallest absolute Gasteiger partial charge is 0.274 e. The second-order valence-electron chi connectivity index (χ2n) is 7.71. The summed E-state index contributed by atoms with van der Waals surface area (Å²) in [5, 5.41) is 5.68. The van der Waals surface area contributed by atoms with Gasteiger partial charge in [0.2, 0.25) is 0 Å². The lowest BCUT2D eigenvalue weighted by Gasteiger charge is -2.25. The number of nitrogens with one attached hydrogen (secondary N) is 1. The molecule has 0 saturated carbocycles. The number of thiazole rings is 1. The molecule has 5 rings (SSSR count). The van der Waals surface area contributed by atoms with E-state index < -0.39 is 0 Å². The molecule has 1 fully saturated rings. The molecular weight excluding hydrogens is 486 g/mol. The first-order valence-corrected chi connectivity index (χ1v) is 12.2. The standard InChI is InChI=1S/C24H22BrN5OS/c25-19-14-26-11-10-17(19)15-29-12-4-9-22(29)23(31)28-24-27-20(16-32-24)21-8-5-13-30(21)18-6-2-1-3-7-18/h1-4,6-7,9-12,14,16,21H,5,8,13,15H2,(H,27,28,31). The molecule has 162 valence electrons. The fourth-order valence-electron chi connectivity index (χ4n) is 4.13. The van der Waals surface area contributed by atoms with Crippen molar-refractivity contribution in [2.75, 3.05) is 16.8 Å². The number of aromatic nitrogens is 3. The molecule has 1 amide bonds. The Kier molecular flexibility index (Phi) is 6.05. The first kappa shape index (κ1) is 20.9. The van der Waals surface area contributed by atoms with Crippen molar-refractivity contribution in [1.29, 1.82) is 0 Å². The Bertz CT molecular complexity index is 1220. The Labute approximate surface area is 199 Å². The maximum atomic E-state index is 13.0. The first-order valence-electron chi connectivity index (χ1n) is 10.5. The molecule has 1 unspecified atom stereocenters. The molecule has 0 radical (unpaired) electrons. The third kappa shape index (κ3) is 4.33. The zero-order valence-electron chi connectivity index (χ0n) is 17.3. The topological polar surface area (TPSA) is 63.1 Å². The highest BCUT2D eigenvalue weighted by Gasteiger charge is 2.28. The van der Waals surface area contributed by atoms with Crippen LogP contribution in [-0.2, 0) is 6.54 Å². The van der Waals surface area contributed by atoms with Gasteiger partial charge in [0, 0.05) is 47.2 Å². The molecule has 1 saturated heterocycles. The van der Waals surface area contributed by atoms with Crippen molar-refractivity contribution in [3.8, 4) is 0 Å². The molecule has 1 aliphatic heterocycles. The highest BCUT2D eigenvalue weighted by atomic mass is 79.9. The van der Waals surface area contributed by atoms with E-state index in [1.54, 1.807) is 12.4 Å². The predicted octanol–water partition coefficient (Wildman–Crippen LogP) is 5.74. The second kappa shape index (κ2) is 9.26. The first-order chi connectivity index (χ1) is 15.7. The van der Waals surface area contributed by atoms with Crippen LogP contribution in [0.5, 0.6) is 0 Å². The van der Waals surface area contributed by atoms with Gasteiger partial charge in [-0.15, -0.1) is 11.3 Å². The second-order valence-corrected chi connectivity index (χ2v) is 9.42. The van der Waals surface area contributed by atoms with E-state index in [4.69, 9.17) is 4.98 Å². The number of carbonyl (C=O) groups is 1. The summed E-state index contributed by atoms with van der Waals surface area (Å²) >= 11 is 5.00. The molecule has 0 bridgehead atoms. The maximum absolute atomic E-state index is 13.0. The van der Waals surface area contributed by atoms with Crippen molar-refractivity contribution >= 4 is 44.0 Å². The largest absolute Gasteiger partial charge is 0.363 e. The van der Waals surface area contributed by atoms with Crippen LogP contribution in [0.3, 0.4) is 0 Å². The zero-order chi connectivity index (χ0) is 21.9. The van der Waals surface area contributed by atoms with E-state index in [2.05, 4.69) is 60.8 Å². The number of halogens is 1. The van der Waals surface area contributed by atoms with Crippen LogP contribution in [0.25, 0.3) is 0 Å². The summed E-state index contributed by atoms with van der Waals surface area (Å²) < 4.78 is 2.85. The summed E-state index contributed by atoms with van der Waals surface area (Å²) in [6, 6.07) is 16.3. The molecule has 1 aliphatic rings. The zero-order valence-corrected chi connectivity index (χ0v) is 19.7. The quantitative estimate of drug-likeness (QED) is 0.361. The third-order valence-corrected chi connectivity index (χ3v) is 7.17. The molecule has 3 aromatic heterocycles. The number of pyridine rings is 1. The van der Waals surface area contributed by atoms with Crippen molar-refractivity contribution in [1.82, 2.24) is 14.5 Å². The molecule has 1 aromatic carbocycles. The number of benzene rings is 1. The lowest BCUT2D eigenvalue weighted by molar-refractivity contribution is 0.101. The molecule has 6 nitrogen and oxygen atoms in total. The summed E-state index contributed by atoms with van der Waals surface area (Å²) in [4.78, 5) is 24.3. The van der Waals surface area contributed by atoms with E-state index in [1.807, 2.05) is 35.0 Å². The molecule has 0 aliphatic carbocycles. The van der Waals surface area contributed by atoms with Gasteiger partial charge in [0.05, 0.1) is 11.7 Å². The lowest BCUT2D eigenvalue weighted by Crippen LogP contribution is -2.22. The molecule has 0 spiro atoms. The fourth-order valence-corrected chi connectivity index (χ4v) is 5.26. The molecule has 32 heavy (non-hydrogen) atoms. The van der Waals surface area contributed by atoms with E-state index in [1.165, 1.54) is 17.0 Å². The van der Waals surface area contributed by atoms with Gasteiger partial charge in [-0.25, -0.2) is 4.98 Å². The molecule has 1 atom stereocenters. The van der Waals surface area contributed by atoms with Crippen LogP contribution in [0.1, 0.15) is 40.6 Å². The van der Waals surface area contributed by atoms with Crippen molar-refractivity contribution in [2.45, 2.75) is 25.4 Å². The molecular formula is C24H22BrN5OS. The van der Waals surface area contributed by atoms with Gasteiger partial charge < -0.3 is 9.47 Å². The normalized spacial score (nSPS) is 15.8. The Hall–Kier alpha value is -2.97. The molecule has 1 N–H and O–H groups in total. The minimum Gasteiger partial charge on any atom is -0.363 e. The van der Waals surface area contributed by atoms with Crippen LogP contribution in [0.2, 0.25) is 0 Å². The van der Waals surface area contributed by atoms with Gasteiger partial charge in [0.25, 0.3) is 5.91 Å². The number of amides is 1. The minimum absolute atomic E-state index is 0.160. The van der Waals surface area contributed by atoms with Crippen molar-refractivity contribution in [3.63, 3.8) is 0 Å². The summed E-state index contributed by atoms with van der Waals surface area (Å²) in [6.07, 6.45) is 7.62. The van der Waals surface area contributed by atoms with E-state index in [0.29, 0.717) is 17.4 Å². The van der Waals surface area contributed by atoms with E-state index in [-0.39, 0.29) is 11.9 Å². The molecule has 4 heterocycles. The van der Waals surface area contributed by atoms with Gasteiger partial charge >= 0.3 is 0 Å². The van der Waals surface area contributed by atoms with Crippen molar-refractivity contribution < 1.29 is 4.79 Å². The monoisotopic (exact) mass is 507 g/mol. The Morgan fingerprint density at radius 2 is 2.06 bits per heavy atom. The average molecular weight is 508 g/mol. The van der Waals surface area contributed by atoms with Crippen molar-refractivity contribution in [3.05, 3.63) is 93.9 Å². The molecule has 8 heteroatoms. The van der Waals surface area contributed by atoms with Gasteiger partial charge in [-0.2, -0.15) is 0 Å². The van der Waals surface area contributed by atoms with E-state index in [9.17, 15) is 4.79 Å². The summed E-state index contributed by atoms with van der Waals surface area (Å²) in [6.45, 7) is 1.60. The van der Waals surface area contributed by atoms with Gasteiger partial charge in [-0.05, 0) is 64.7 Å². The summed E-state index contributed by atoms with van der Waals surface area (Å²) in [5.41, 5.74) is 3.89. The Morgan fingerprint density at radius 3 is 2.91 bits per heavy atom. The lowest BCUT2D eigenvalue weighted by atomic mass is 10.1. The molecule has 4 aromatic rings. The van der Waals surface area contributed by atoms with Crippen LogP contribution < -0.4 is 10.2 Å². The number of nitrogens with zero attached hydrogens (tertiary/aromatic N) is 4. The third-order valence-electron chi connectivity index (χ3n) is 5.68. The number of hydrogen-bond acceptors (Lipinski definition) is 5. The summed E-state index contributed by atoms with van der Waals surface area (Å²) in [7, 11) is 0. The van der Waals surface area contributed by atoms with Gasteiger partial charge in [0.15, 0.2) is 5.13 Å². The number of anilines is 2. The van der Waals surface area contributed by atoms with E-state index in [0.717, 1.165) is 35.1 Å². The number of rotatable bonds is 6. The van der Waals surface area contributed by atoms with Crippen LogP contribution in [0, 0.1) is 0 Å². The van der Waals surface area contributed by atoms with E-state index >= 15 is 0 Å². The van der Waals surface area contributed by atoms with Gasteiger partial charge in [-0.3, -0.25) is 15.1 Å². The Morgan fingerprint density at radius 1 is 1.19 bits per heavy atom. The van der Waals surface area contributed by atoms with Crippen LogP contribution in [-0.4, -0.2) is 27.0 Å². The van der Waals surface area contributed by atoms with Gasteiger partial charge in [-0.1, -0.05) is 18.2 Å². The SMILES string of the molecule is O=C(Nc1nc(C2CCCN2c2ccccc2)cs1)c1cccn1Cc1ccncc1Br. The number of hydrogen-bond donors (Lipinski definition) is 1. The number of carbonyl (C=O) groups excluding carboxylic acids is 1. The fraction of sp³-hybridized carbons (Fsp3) is 0.208.